The molecule has 0 saturated heterocycles. The van der Waals surface area contributed by atoms with E-state index in [1.54, 1.807) is 13.0 Å². The first-order valence-corrected chi connectivity index (χ1v) is 8.61. The summed E-state index contributed by atoms with van der Waals surface area (Å²) in [6.07, 6.45) is 2.33. The van der Waals surface area contributed by atoms with E-state index in [1.807, 2.05) is 18.2 Å². The lowest BCUT2D eigenvalue weighted by atomic mass is 10.3. The van der Waals surface area contributed by atoms with E-state index in [-0.39, 0.29) is 0 Å². The van der Waals surface area contributed by atoms with Crippen molar-refractivity contribution in [3.8, 4) is 0 Å². The molecule has 0 bridgehead atoms. The van der Waals surface area contributed by atoms with Gasteiger partial charge in [0.15, 0.2) is 0 Å². The molecule has 0 amide bonds. The molecule has 2 rings (SSSR count). The molecular formula is C12H17IN2O2S. The number of anilines is 1. The maximum absolute atomic E-state index is 12.1. The molecule has 0 aliphatic heterocycles. The van der Waals surface area contributed by atoms with Crippen molar-refractivity contribution in [1.29, 1.82) is 0 Å². The van der Waals surface area contributed by atoms with E-state index >= 15 is 0 Å². The van der Waals surface area contributed by atoms with Crippen LogP contribution >= 0.6 is 22.6 Å². The molecule has 1 unspecified atom stereocenters. The Hall–Kier alpha value is -0.340. The Labute approximate surface area is 122 Å². The van der Waals surface area contributed by atoms with Crippen molar-refractivity contribution in [3.63, 3.8) is 0 Å². The van der Waals surface area contributed by atoms with E-state index in [9.17, 15) is 8.42 Å². The summed E-state index contributed by atoms with van der Waals surface area (Å²) in [4.78, 5) is 0. The second-order valence-electron chi connectivity index (χ2n) is 4.62. The van der Waals surface area contributed by atoms with Gasteiger partial charge in [0.25, 0.3) is 0 Å². The van der Waals surface area contributed by atoms with Crippen molar-refractivity contribution in [2.75, 3.05) is 11.3 Å². The molecule has 1 aliphatic rings. The minimum absolute atomic E-state index is 0.436. The van der Waals surface area contributed by atoms with Crippen molar-refractivity contribution >= 4 is 38.3 Å². The number of hydrogen-bond acceptors (Lipinski definition) is 3. The Bertz CT molecular complexity index is 515. The van der Waals surface area contributed by atoms with Gasteiger partial charge >= 0.3 is 0 Å². The van der Waals surface area contributed by atoms with Crippen molar-refractivity contribution in [2.45, 2.75) is 31.1 Å². The van der Waals surface area contributed by atoms with Gasteiger partial charge in [-0.05, 0) is 54.5 Å². The number of benzene rings is 1. The van der Waals surface area contributed by atoms with Crippen LogP contribution in [-0.4, -0.2) is 26.3 Å². The van der Waals surface area contributed by atoms with E-state index in [0.717, 1.165) is 16.4 Å². The predicted octanol–water partition coefficient (Wildman–Crippen LogP) is 2.17. The molecule has 1 atom stereocenters. The van der Waals surface area contributed by atoms with Crippen LogP contribution in [0.4, 0.5) is 5.69 Å². The SMILES string of the molecule is CC(CNC1CC1)S(=O)(=O)Nc1ccccc1I. The lowest BCUT2D eigenvalue weighted by Crippen LogP contribution is -2.35. The highest BCUT2D eigenvalue weighted by atomic mass is 127. The van der Waals surface area contributed by atoms with E-state index in [4.69, 9.17) is 0 Å². The van der Waals surface area contributed by atoms with Gasteiger partial charge in [-0.25, -0.2) is 8.42 Å². The van der Waals surface area contributed by atoms with Crippen LogP contribution in [0, 0.1) is 3.57 Å². The molecule has 100 valence electrons. The van der Waals surface area contributed by atoms with Crippen LogP contribution in [0.3, 0.4) is 0 Å². The average molecular weight is 380 g/mol. The van der Waals surface area contributed by atoms with E-state index in [0.29, 0.717) is 18.3 Å². The van der Waals surface area contributed by atoms with Crippen LogP contribution in [0.5, 0.6) is 0 Å². The average Bonchev–Trinajstić information content (AvgIpc) is 3.12. The number of sulfonamides is 1. The number of halogens is 1. The molecular weight excluding hydrogens is 363 g/mol. The second kappa shape index (κ2) is 5.75. The van der Waals surface area contributed by atoms with Gasteiger partial charge in [0, 0.05) is 16.2 Å². The molecule has 0 spiro atoms. The van der Waals surface area contributed by atoms with Gasteiger partial charge in [-0.3, -0.25) is 4.72 Å². The monoisotopic (exact) mass is 380 g/mol. The van der Waals surface area contributed by atoms with Crippen LogP contribution in [-0.2, 0) is 10.0 Å². The second-order valence-corrected chi connectivity index (χ2v) is 7.88. The highest BCUT2D eigenvalue weighted by Crippen LogP contribution is 2.21. The third-order valence-electron chi connectivity index (χ3n) is 2.93. The third-order valence-corrected chi connectivity index (χ3v) is 5.60. The van der Waals surface area contributed by atoms with Crippen LogP contribution in [0.2, 0.25) is 0 Å². The van der Waals surface area contributed by atoms with Crippen LogP contribution < -0.4 is 10.0 Å². The van der Waals surface area contributed by atoms with Crippen molar-refractivity contribution in [1.82, 2.24) is 5.32 Å². The maximum atomic E-state index is 12.1. The lowest BCUT2D eigenvalue weighted by Gasteiger charge is -2.16. The molecule has 18 heavy (non-hydrogen) atoms. The highest BCUT2D eigenvalue weighted by molar-refractivity contribution is 14.1. The van der Waals surface area contributed by atoms with Crippen LogP contribution in [0.15, 0.2) is 24.3 Å². The quantitative estimate of drug-likeness (QED) is 0.744. The minimum atomic E-state index is -3.32. The molecule has 6 heteroatoms. The Balaban J connectivity index is 1.99. The summed E-state index contributed by atoms with van der Waals surface area (Å²) < 4.78 is 27.8. The zero-order valence-electron chi connectivity index (χ0n) is 10.2. The maximum Gasteiger partial charge on any atom is 0.236 e. The molecule has 4 nitrogen and oxygen atoms in total. The Morgan fingerprint density at radius 1 is 1.39 bits per heavy atom. The first kappa shape index (κ1) is 14.1. The number of para-hydroxylation sites is 1. The van der Waals surface area contributed by atoms with Crippen molar-refractivity contribution in [3.05, 3.63) is 27.8 Å². The molecule has 0 aromatic heterocycles. The first-order valence-electron chi connectivity index (χ1n) is 5.98. The molecule has 1 aromatic rings. The topological polar surface area (TPSA) is 58.2 Å². The molecule has 1 aromatic carbocycles. The number of rotatable bonds is 6. The Morgan fingerprint density at radius 2 is 2.06 bits per heavy atom. The van der Waals surface area contributed by atoms with Gasteiger partial charge in [0.1, 0.15) is 0 Å². The third kappa shape index (κ3) is 3.83. The van der Waals surface area contributed by atoms with Gasteiger partial charge in [-0.2, -0.15) is 0 Å². The van der Waals surface area contributed by atoms with Gasteiger partial charge in [0.05, 0.1) is 10.9 Å². The van der Waals surface area contributed by atoms with E-state index < -0.39 is 15.3 Å². The predicted molar refractivity (Wildman–Crippen MR) is 82.2 cm³/mol. The molecule has 0 radical (unpaired) electrons. The number of nitrogens with one attached hydrogen (secondary N) is 2. The Morgan fingerprint density at radius 3 is 2.67 bits per heavy atom. The fourth-order valence-electron chi connectivity index (χ4n) is 1.53. The van der Waals surface area contributed by atoms with Gasteiger partial charge in [-0.15, -0.1) is 0 Å². The summed E-state index contributed by atoms with van der Waals surface area (Å²) in [6, 6.07) is 7.90. The summed E-state index contributed by atoms with van der Waals surface area (Å²) in [5.41, 5.74) is 0.649. The summed E-state index contributed by atoms with van der Waals surface area (Å²) >= 11 is 2.12. The molecule has 2 N–H and O–H groups in total. The molecule has 0 heterocycles. The first-order chi connectivity index (χ1) is 8.49. The summed E-state index contributed by atoms with van der Waals surface area (Å²) in [6.45, 7) is 2.23. The highest BCUT2D eigenvalue weighted by Gasteiger charge is 2.26. The fraction of sp³-hybridized carbons (Fsp3) is 0.500. The summed E-state index contributed by atoms with van der Waals surface area (Å²) in [5.74, 6) is 0. The minimum Gasteiger partial charge on any atom is -0.313 e. The van der Waals surface area contributed by atoms with Gasteiger partial charge in [-0.1, -0.05) is 12.1 Å². The zero-order chi connectivity index (χ0) is 13.2. The summed E-state index contributed by atoms with van der Waals surface area (Å²) in [5, 5.41) is 2.81. The largest absolute Gasteiger partial charge is 0.313 e. The molecule has 1 fully saturated rings. The van der Waals surface area contributed by atoms with Crippen LogP contribution in [0.1, 0.15) is 19.8 Å². The van der Waals surface area contributed by atoms with Crippen LogP contribution in [0.25, 0.3) is 0 Å². The normalized spacial score (nSPS) is 17.4. The van der Waals surface area contributed by atoms with Gasteiger partial charge < -0.3 is 5.32 Å². The van der Waals surface area contributed by atoms with Crippen molar-refractivity contribution < 1.29 is 8.42 Å². The lowest BCUT2D eigenvalue weighted by molar-refractivity contribution is 0.576. The zero-order valence-corrected chi connectivity index (χ0v) is 13.2. The van der Waals surface area contributed by atoms with Crippen molar-refractivity contribution in [2.24, 2.45) is 0 Å². The van der Waals surface area contributed by atoms with E-state index in [2.05, 4.69) is 32.6 Å². The summed E-state index contributed by atoms with van der Waals surface area (Å²) in [7, 11) is -3.32. The Kier molecular flexibility index (Phi) is 4.50. The number of hydrogen-bond donors (Lipinski definition) is 2. The molecule has 1 aliphatic carbocycles. The smallest absolute Gasteiger partial charge is 0.236 e. The van der Waals surface area contributed by atoms with Gasteiger partial charge in [0.2, 0.25) is 10.0 Å². The standard InChI is InChI=1S/C12H17IN2O2S/c1-9(8-14-10-6-7-10)18(16,17)15-12-5-3-2-4-11(12)13/h2-5,9-10,14-15H,6-8H2,1H3. The van der Waals surface area contributed by atoms with E-state index in [1.165, 1.54) is 0 Å². The fourth-order valence-corrected chi connectivity index (χ4v) is 3.23. The molecule has 1 saturated carbocycles.